The molecule has 2 aromatic rings. The number of hydrogen-bond acceptors (Lipinski definition) is 4. The van der Waals surface area contributed by atoms with Crippen LogP contribution in [0.5, 0.6) is 0 Å². The lowest BCUT2D eigenvalue weighted by atomic mass is 9.98. The second kappa shape index (κ2) is 6.86. The Bertz CT molecular complexity index is 821. The van der Waals surface area contributed by atoms with Crippen molar-refractivity contribution in [3.05, 3.63) is 51.3 Å². The molecule has 1 atom stereocenters. The number of aryl methyl sites for hydroxylation is 1. The van der Waals surface area contributed by atoms with Crippen molar-refractivity contribution in [3.63, 3.8) is 0 Å². The fourth-order valence-electron chi connectivity index (χ4n) is 3.12. The third-order valence-corrected chi connectivity index (χ3v) is 4.39. The van der Waals surface area contributed by atoms with Crippen LogP contribution in [0.1, 0.15) is 18.4 Å². The zero-order valence-electron chi connectivity index (χ0n) is 13.6. The van der Waals surface area contributed by atoms with Crippen LogP contribution >= 0.6 is 0 Å². The summed E-state index contributed by atoms with van der Waals surface area (Å²) in [6, 6.07) is 0. The van der Waals surface area contributed by atoms with Crippen molar-refractivity contribution in [1.29, 1.82) is 0 Å². The number of nitrogens with one attached hydrogen (secondary N) is 1. The maximum atomic E-state index is 12.5. The number of carbonyl (C=O) groups excluding carboxylic acids is 1. The first-order valence-corrected chi connectivity index (χ1v) is 8.07. The van der Waals surface area contributed by atoms with E-state index in [0.717, 1.165) is 19.4 Å². The van der Waals surface area contributed by atoms with E-state index in [4.69, 9.17) is 0 Å². The third kappa shape index (κ3) is 3.64. The Hall–Kier alpha value is -2.64. The van der Waals surface area contributed by atoms with Gasteiger partial charge in [0.15, 0.2) is 0 Å². The van der Waals surface area contributed by atoms with E-state index >= 15 is 0 Å². The number of aromatic amines is 1. The molecular weight excluding hydrogens is 310 g/mol. The number of hydrogen-bond donors (Lipinski definition) is 1. The Kier molecular flexibility index (Phi) is 4.64. The van der Waals surface area contributed by atoms with Gasteiger partial charge >= 0.3 is 5.69 Å². The van der Waals surface area contributed by atoms with E-state index in [1.54, 1.807) is 24.3 Å². The highest BCUT2D eigenvalue weighted by Crippen LogP contribution is 2.18. The van der Waals surface area contributed by atoms with Crippen molar-refractivity contribution < 1.29 is 4.79 Å². The number of carbonyl (C=O) groups is 1. The second-order valence-electron chi connectivity index (χ2n) is 6.31. The summed E-state index contributed by atoms with van der Waals surface area (Å²) < 4.78 is 3.28. The predicted molar refractivity (Wildman–Crippen MR) is 87.6 cm³/mol. The van der Waals surface area contributed by atoms with E-state index < -0.39 is 11.2 Å². The lowest BCUT2D eigenvalue weighted by Gasteiger charge is -2.33. The van der Waals surface area contributed by atoms with Crippen LogP contribution in [0.4, 0.5) is 0 Å². The molecule has 1 aliphatic heterocycles. The van der Waals surface area contributed by atoms with Gasteiger partial charge in [0.25, 0.3) is 5.56 Å². The summed E-state index contributed by atoms with van der Waals surface area (Å²) in [5.41, 5.74) is -0.549. The Morgan fingerprint density at radius 3 is 3.00 bits per heavy atom. The lowest BCUT2D eigenvalue weighted by molar-refractivity contribution is -0.133. The highest BCUT2D eigenvalue weighted by atomic mass is 16.2. The molecule has 24 heavy (non-hydrogen) atoms. The zero-order chi connectivity index (χ0) is 17.1. The third-order valence-electron chi connectivity index (χ3n) is 4.39. The van der Waals surface area contributed by atoms with E-state index in [2.05, 4.69) is 9.97 Å². The number of H-pyrrole nitrogens is 1. The van der Waals surface area contributed by atoms with Gasteiger partial charge in [-0.05, 0) is 25.7 Å². The molecule has 3 heterocycles. The average molecular weight is 331 g/mol. The first-order valence-electron chi connectivity index (χ1n) is 8.07. The predicted octanol–water partition coefficient (Wildman–Crippen LogP) is -0.0197. The molecule has 2 aromatic heterocycles. The van der Waals surface area contributed by atoms with Crippen molar-refractivity contribution in [3.8, 4) is 0 Å². The van der Waals surface area contributed by atoms with Crippen molar-refractivity contribution >= 4 is 5.91 Å². The SMILES string of the molecule is Cc1cn(CC(=O)N2CCC[C@H](Cn3ccnc3)C2)c(=O)[nH]c1=O. The minimum atomic E-state index is -0.550. The Balaban J connectivity index is 1.65. The number of rotatable bonds is 4. The van der Waals surface area contributed by atoms with E-state index in [0.29, 0.717) is 24.6 Å². The minimum absolute atomic E-state index is 0.0474. The fraction of sp³-hybridized carbons (Fsp3) is 0.500. The van der Waals surface area contributed by atoms with Gasteiger partial charge in [0.1, 0.15) is 6.54 Å². The Morgan fingerprint density at radius 2 is 2.25 bits per heavy atom. The highest BCUT2D eigenvalue weighted by molar-refractivity contribution is 5.76. The summed E-state index contributed by atoms with van der Waals surface area (Å²) >= 11 is 0. The van der Waals surface area contributed by atoms with Crippen LogP contribution in [-0.2, 0) is 17.9 Å². The number of piperidine rings is 1. The van der Waals surface area contributed by atoms with Crippen LogP contribution < -0.4 is 11.2 Å². The van der Waals surface area contributed by atoms with Gasteiger partial charge in [-0.3, -0.25) is 19.1 Å². The van der Waals surface area contributed by atoms with Gasteiger partial charge in [0, 0.05) is 43.8 Å². The standard InChI is InChI=1S/C16H21N5O3/c1-12-7-21(16(24)18-15(12)23)10-14(22)20-5-2-3-13(9-20)8-19-6-4-17-11-19/h4,6-7,11,13H,2-3,5,8-10H2,1H3,(H,18,23,24)/t13-/m1/s1. The molecule has 128 valence electrons. The number of aromatic nitrogens is 4. The Labute approximate surface area is 138 Å². The molecule has 0 saturated carbocycles. The number of likely N-dealkylation sites (tertiary alicyclic amines) is 1. The molecule has 8 heteroatoms. The maximum Gasteiger partial charge on any atom is 0.328 e. The van der Waals surface area contributed by atoms with Crippen molar-refractivity contribution in [1.82, 2.24) is 24.0 Å². The van der Waals surface area contributed by atoms with E-state index in [1.807, 2.05) is 10.8 Å². The van der Waals surface area contributed by atoms with Gasteiger partial charge < -0.3 is 9.47 Å². The van der Waals surface area contributed by atoms with Crippen LogP contribution in [0.15, 0.2) is 34.5 Å². The van der Waals surface area contributed by atoms with Crippen LogP contribution in [0.25, 0.3) is 0 Å². The molecule has 0 unspecified atom stereocenters. The van der Waals surface area contributed by atoms with Gasteiger partial charge in [-0.15, -0.1) is 0 Å². The number of amides is 1. The number of nitrogens with zero attached hydrogens (tertiary/aromatic N) is 4. The molecule has 0 bridgehead atoms. The van der Waals surface area contributed by atoms with Crippen LogP contribution in [-0.4, -0.2) is 43.0 Å². The van der Waals surface area contributed by atoms with Crippen molar-refractivity contribution in [2.24, 2.45) is 5.92 Å². The van der Waals surface area contributed by atoms with Gasteiger partial charge in [-0.2, -0.15) is 0 Å². The summed E-state index contributed by atoms with van der Waals surface area (Å²) in [6.07, 6.45) is 8.90. The molecular formula is C16H21N5O3. The molecule has 1 amide bonds. The molecule has 0 radical (unpaired) electrons. The molecule has 0 aromatic carbocycles. The first-order chi connectivity index (χ1) is 11.5. The quantitative estimate of drug-likeness (QED) is 0.852. The topological polar surface area (TPSA) is 93.0 Å². The van der Waals surface area contributed by atoms with Gasteiger partial charge in [-0.1, -0.05) is 0 Å². The van der Waals surface area contributed by atoms with Crippen LogP contribution in [0, 0.1) is 12.8 Å². The van der Waals surface area contributed by atoms with E-state index in [-0.39, 0.29) is 12.5 Å². The summed E-state index contributed by atoms with van der Waals surface area (Å²) in [5.74, 6) is 0.282. The second-order valence-corrected chi connectivity index (χ2v) is 6.31. The molecule has 1 aliphatic rings. The number of imidazole rings is 1. The summed E-state index contributed by atoms with van der Waals surface area (Å²) in [6.45, 7) is 3.78. The monoisotopic (exact) mass is 331 g/mol. The van der Waals surface area contributed by atoms with E-state index in [1.165, 1.54) is 10.8 Å². The van der Waals surface area contributed by atoms with Gasteiger partial charge in [-0.25, -0.2) is 9.78 Å². The zero-order valence-corrected chi connectivity index (χ0v) is 13.6. The molecule has 0 spiro atoms. The smallest absolute Gasteiger partial charge is 0.328 e. The summed E-state index contributed by atoms with van der Waals surface area (Å²) in [7, 11) is 0. The normalized spacial score (nSPS) is 17.9. The van der Waals surface area contributed by atoms with Gasteiger partial charge in [0.05, 0.1) is 6.33 Å². The lowest BCUT2D eigenvalue weighted by Crippen LogP contribution is -2.44. The van der Waals surface area contributed by atoms with E-state index in [9.17, 15) is 14.4 Å². The maximum absolute atomic E-state index is 12.5. The summed E-state index contributed by atoms with van der Waals surface area (Å²) in [5, 5.41) is 0. The van der Waals surface area contributed by atoms with Crippen molar-refractivity contribution in [2.75, 3.05) is 13.1 Å². The first kappa shape index (κ1) is 16.2. The largest absolute Gasteiger partial charge is 0.341 e. The average Bonchev–Trinajstić information content (AvgIpc) is 3.06. The van der Waals surface area contributed by atoms with Crippen LogP contribution in [0.2, 0.25) is 0 Å². The fourth-order valence-corrected chi connectivity index (χ4v) is 3.12. The molecule has 1 fully saturated rings. The molecule has 1 saturated heterocycles. The van der Waals surface area contributed by atoms with Gasteiger partial charge in [0.2, 0.25) is 5.91 Å². The molecule has 8 nitrogen and oxygen atoms in total. The Morgan fingerprint density at radius 1 is 1.42 bits per heavy atom. The highest BCUT2D eigenvalue weighted by Gasteiger charge is 2.24. The summed E-state index contributed by atoms with van der Waals surface area (Å²) in [4.78, 5) is 43.8. The van der Waals surface area contributed by atoms with Crippen molar-refractivity contribution in [2.45, 2.75) is 32.9 Å². The molecule has 3 rings (SSSR count). The molecule has 0 aliphatic carbocycles. The van der Waals surface area contributed by atoms with Crippen LogP contribution in [0.3, 0.4) is 0 Å². The minimum Gasteiger partial charge on any atom is -0.341 e. The molecule has 1 N–H and O–H groups in total.